The van der Waals surface area contributed by atoms with Crippen LogP contribution in [0.1, 0.15) is 0 Å². The molecular weight excluding hydrogens is 601 g/mol. The standard InChI is InChI=1S/C50H32/c1-3-12-35(13-4-1)49-45-17-9-10-18-46(45)50(36-14-5-2-6-15-36)48-32-40(26-28-47(48)49)38-23-20-33-19-22-37(30-42(33)31-38)39-25-27-44-41(29-39)24-21-34-11-7-8-16-43(34)44/h1-32H. The Labute approximate surface area is 291 Å². The van der Waals surface area contributed by atoms with E-state index in [0.717, 1.165) is 0 Å². The van der Waals surface area contributed by atoms with E-state index in [-0.39, 0.29) is 0 Å². The average Bonchev–Trinajstić information content (AvgIpc) is 3.19. The molecule has 0 N–H and O–H groups in total. The molecule has 0 fully saturated rings. The zero-order valence-corrected chi connectivity index (χ0v) is 27.5. The molecule has 232 valence electrons. The van der Waals surface area contributed by atoms with Crippen molar-refractivity contribution in [3.8, 4) is 44.5 Å². The molecule has 0 aliphatic heterocycles. The zero-order chi connectivity index (χ0) is 33.0. The number of fused-ring (bicyclic) bond motifs is 6. The van der Waals surface area contributed by atoms with Crippen LogP contribution in [0.5, 0.6) is 0 Å². The van der Waals surface area contributed by atoms with Gasteiger partial charge in [-0.1, -0.05) is 170 Å². The highest BCUT2D eigenvalue weighted by Crippen LogP contribution is 2.45. The summed E-state index contributed by atoms with van der Waals surface area (Å²) in [7, 11) is 0. The Hall–Kier alpha value is -6.50. The summed E-state index contributed by atoms with van der Waals surface area (Å²) < 4.78 is 0. The first-order chi connectivity index (χ1) is 24.8. The summed E-state index contributed by atoms with van der Waals surface area (Å²) in [6.07, 6.45) is 0. The van der Waals surface area contributed by atoms with Crippen molar-refractivity contribution in [3.05, 3.63) is 194 Å². The Morgan fingerprint density at radius 3 is 1.22 bits per heavy atom. The number of benzene rings is 10. The molecule has 0 aromatic heterocycles. The summed E-state index contributed by atoms with van der Waals surface area (Å²) in [5.41, 5.74) is 9.94. The monoisotopic (exact) mass is 632 g/mol. The number of hydrogen-bond donors (Lipinski definition) is 0. The minimum atomic E-state index is 1.22. The molecule has 0 amide bonds. The predicted octanol–water partition coefficient (Wildman–Crippen LogP) is 14.1. The molecule has 0 saturated carbocycles. The molecule has 0 unspecified atom stereocenters. The Kier molecular flexibility index (Phi) is 6.60. The summed E-state index contributed by atoms with van der Waals surface area (Å²) in [6.45, 7) is 0. The minimum absolute atomic E-state index is 1.22. The topological polar surface area (TPSA) is 0 Å². The van der Waals surface area contributed by atoms with Gasteiger partial charge in [-0.05, 0) is 123 Å². The van der Waals surface area contributed by atoms with E-state index in [4.69, 9.17) is 0 Å². The van der Waals surface area contributed by atoms with Crippen LogP contribution < -0.4 is 0 Å². The van der Waals surface area contributed by atoms with Crippen molar-refractivity contribution in [1.29, 1.82) is 0 Å². The van der Waals surface area contributed by atoms with Gasteiger partial charge in [0.15, 0.2) is 0 Å². The van der Waals surface area contributed by atoms with Gasteiger partial charge < -0.3 is 0 Å². The summed E-state index contributed by atoms with van der Waals surface area (Å²) >= 11 is 0. The summed E-state index contributed by atoms with van der Waals surface area (Å²) in [6, 6.07) is 71.4. The van der Waals surface area contributed by atoms with E-state index in [9.17, 15) is 0 Å². The molecule has 0 radical (unpaired) electrons. The van der Waals surface area contributed by atoms with Gasteiger partial charge in [-0.25, -0.2) is 0 Å². The van der Waals surface area contributed by atoms with Gasteiger partial charge in [0.05, 0.1) is 0 Å². The Bertz CT molecular complexity index is 2900. The van der Waals surface area contributed by atoms with Crippen LogP contribution in [0.25, 0.3) is 98.4 Å². The quantitative estimate of drug-likeness (QED) is 0.134. The van der Waals surface area contributed by atoms with Crippen LogP contribution in [0.3, 0.4) is 0 Å². The average molecular weight is 633 g/mol. The van der Waals surface area contributed by atoms with Gasteiger partial charge in [-0.3, -0.25) is 0 Å². The van der Waals surface area contributed by atoms with Gasteiger partial charge >= 0.3 is 0 Å². The molecule has 10 aromatic rings. The fraction of sp³-hybridized carbons (Fsp3) is 0. The lowest BCUT2D eigenvalue weighted by Gasteiger charge is -2.19. The highest BCUT2D eigenvalue weighted by molar-refractivity contribution is 6.22. The first-order valence-corrected chi connectivity index (χ1v) is 17.3. The summed E-state index contributed by atoms with van der Waals surface area (Å²) in [5.74, 6) is 0. The molecule has 0 heteroatoms. The van der Waals surface area contributed by atoms with Crippen LogP contribution in [0, 0.1) is 0 Å². The second-order valence-electron chi connectivity index (χ2n) is 13.3. The second-order valence-corrected chi connectivity index (χ2v) is 13.3. The third-order valence-corrected chi connectivity index (χ3v) is 10.4. The van der Waals surface area contributed by atoms with Crippen LogP contribution in [-0.2, 0) is 0 Å². The van der Waals surface area contributed by atoms with Crippen molar-refractivity contribution in [2.45, 2.75) is 0 Å². The highest BCUT2D eigenvalue weighted by atomic mass is 14.2. The molecule has 50 heavy (non-hydrogen) atoms. The fourth-order valence-corrected chi connectivity index (χ4v) is 7.99. The first-order valence-electron chi connectivity index (χ1n) is 17.3. The maximum absolute atomic E-state index is 2.41. The van der Waals surface area contributed by atoms with Gasteiger partial charge in [0.1, 0.15) is 0 Å². The van der Waals surface area contributed by atoms with Crippen molar-refractivity contribution in [2.75, 3.05) is 0 Å². The molecule has 0 nitrogen and oxygen atoms in total. The lowest BCUT2D eigenvalue weighted by molar-refractivity contribution is 1.63. The molecule has 0 aliphatic rings. The van der Waals surface area contributed by atoms with Crippen LogP contribution in [-0.4, -0.2) is 0 Å². The molecule has 0 saturated heterocycles. The summed E-state index contributed by atoms with van der Waals surface area (Å²) in [4.78, 5) is 0. The maximum atomic E-state index is 2.41. The van der Waals surface area contributed by atoms with Crippen molar-refractivity contribution in [3.63, 3.8) is 0 Å². The number of hydrogen-bond acceptors (Lipinski definition) is 0. The third kappa shape index (κ3) is 4.69. The molecule has 0 aliphatic carbocycles. The Morgan fingerprint density at radius 1 is 0.180 bits per heavy atom. The highest BCUT2D eigenvalue weighted by Gasteiger charge is 2.17. The Balaban J connectivity index is 1.15. The van der Waals surface area contributed by atoms with E-state index >= 15 is 0 Å². The van der Waals surface area contributed by atoms with Crippen molar-refractivity contribution in [2.24, 2.45) is 0 Å². The van der Waals surface area contributed by atoms with Crippen molar-refractivity contribution in [1.82, 2.24) is 0 Å². The maximum Gasteiger partial charge on any atom is -0.00262 e. The van der Waals surface area contributed by atoms with Crippen LogP contribution >= 0.6 is 0 Å². The van der Waals surface area contributed by atoms with E-state index in [2.05, 4.69) is 194 Å². The van der Waals surface area contributed by atoms with Gasteiger partial charge in [0.25, 0.3) is 0 Å². The van der Waals surface area contributed by atoms with Crippen molar-refractivity contribution >= 4 is 53.9 Å². The zero-order valence-electron chi connectivity index (χ0n) is 27.5. The largest absolute Gasteiger partial charge is 0.0622 e. The van der Waals surface area contributed by atoms with E-state index < -0.39 is 0 Å². The summed E-state index contributed by atoms with van der Waals surface area (Å²) in [5, 5.41) is 12.7. The van der Waals surface area contributed by atoms with Crippen LogP contribution in [0.4, 0.5) is 0 Å². The van der Waals surface area contributed by atoms with Gasteiger partial charge in [-0.15, -0.1) is 0 Å². The van der Waals surface area contributed by atoms with Crippen LogP contribution in [0.15, 0.2) is 194 Å². The molecule has 0 atom stereocenters. The van der Waals surface area contributed by atoms with E-state index in [1.54, 1.807) is 0 Å². The van der Waals surface area contributed by atoms with Crippen molar-refractivity contribution < 1.29 is 0 Å². The van der Waals surface area contributed by atoms with Crippen LogP contribution in [0.2, 0.25) is 0 Å². The first kappa shape index (κ1) is 28.5. The molecule has 10 aromatic carbocycles. The molecular formula is C50H32. The normalized spacial score (nSPS) is 11.6. The Morgan fingerprint density at radius 2 is 0.580 bits per heavy atom. The smallest absolute Gasteiger partial charge is 0.00262 e. The van der Waals surface area contributed by atoms with Gasteiger partial charge in [0, 0.05) is 0 Å². The van der Waals surface area contributed by atoms with E-state index in [0.29, 0.717) is 0 Å². The molecule has 10 rings (SSSR count). The second kappa shape index (κ2) is 11.6. The van der Waals surface area contributed by atoms with E-state index in [1.807, 2.05) is 0 Å². The third-order valence-electron chi connectivity index (χ3n) is 10.4. The molecule has 0 spiro atoms. The minimum Gasteiger partial charge on any atom is -0.0622 e. The fourth-order valence-electron chi connectivity index (χ4n) is 7.99. The number of rotatable bonds is 4. The van der Waals surface area contributed by atoms with E-state index in [1.165, 1.54) is 98.4 Å². The SMILES string of the molecule is c1ccc(-c2c3ccccc3c(-c3ccccc3)c3cc(-c4ccc5ccc(-c6ccc7c(ccc8ccccc87)c6)cc5c4)ccc23)cc1. The van der Waals surface area contributed by atoms with Gasteiger partial charge in [-0.2, -0.15) is 0 Å². The predicted molar refractivity (Wildman–Crippen MR) is 216 cm³/mol. The molecule has 0 bridgehead atoms. The lowest BCUT2D eigenvalue weighted by Crippen LogP contribution is -1.91. The van der Waals surface area contributed by atoms with Gasteiger partial charge in [0.2, 0.25) is 0 Å². The lowest BCUT2D eigenvalue weighted by atomic mass is 9.85. The molecule has 0 heterocycles.